The molecule has 1 amide bonds. The molecule has 1 fully saturated rings. The first-order valence-corrected chi connectivity index (χ1v) is 4.28. The van der Waals surface area contributed by atoms with E-state index in [2.05, 4.69) is 20.8 Å². The SMILES string of the molecule is CC(C)C1(C)CCC1C(N)=O. The Labute approximate surface area is 68.2 Å². The molecule has 0 bridgehead atoms. The third kappa shape index (κ3) is 1.15. The number of rotatable bonds is 2. The second kappa shape index (κ2) is 2.50. The molecule has 0 aromatic rings. The van der Waals surface area contributed by atoms with Gasteiger partial charge < -0.3 is 5.73 Å². The van der Waals surface area contributed by atoms with Crippen molar-refractivity contribution in [3.63, 3.8) is 0 Å². The van der Waals surface area contributed by atoms with Gasteiger partial charge in [-0.1, -0.05) is 20.8 Å². The van der Waals surface area contributed by atoms with Crippen LogP contribution in [0.4, 0.5) is 0 Å². The number of hydrogen-bond acceptors (Lipinski definition) is 1. The van der Waals surface area contributed by atoms with E-state index in [1.807, 2.05) is 0 Å². The second-order valence-electron chi connectivity index (χ2n) is 4.15. The summed E-state index contributed by atoms with van der Waals surface area (Å²) in [6.07, 6.45) is 2.14. The molecule has 1 aliphatic rings. The van der Waals surface area contributed by atoms with Crippen LogP contribution in [0.3, 0.4) is 0 Å². The topological polar surface area (TPSA) is 43.1 Å². The average molecular weight is 155 g/mol. The van der Waals surface area contributed by atoms with E-state index < -0.39 is 0 Å². The fourth-order valence-corrected chi connectivity index (χ4v) is 1.90. The van der Waals surface area contributed by atoms with Crippen LogP contribution in [-0.2, 0) is 4.79 Å². The molecule has 0 aromatic carbocycles. The van der Waals surface area contributed by atoms with Crippen LogP contribution in [0.2, 0.25) is 0 Å². The highest BCUT2D eigenvalue weighted by Crippen LogP contribution is 2.51. The number of nitrogens with two attached hydrogens (primary N) is 1. The minimum atomic E-state index is -0.118. The van der Waals surface area contributed by atoms with Gasteiger partial charge in [0.15, 0.2) is 0 Å². The summed E-state index contributed by atoms with van der Waals surface area (Å²) in [5.41, 5.74) is 5.46. The quantitative estimate of drug-likeness (QED) is 0.646. The van der Waals surface area contributed by atoms with Crippen LogP contribution in [-0.4, -0.2) is 5.91 Å². The normalized spacial score (nSPS) is 36.9. The Morgan fingerprint density at radius 3 is 2.27 bits per heavy atom. The van der Waals surface area contributed by atoms with Crippen LogP contribution < -0.4 is 5.73 Å². The molecule has 11 heavy (non-hydrogen) atoms. The molecule has 0 radical (unpaired) electrons. The van der Waals surface area contributed by atoms with Crippen LogP contribution >= 0.6 is 0 Å². The number of carbonyl (C=O) groups is 1. The van der Waals surface area contributed by atoms with E-state index in [1.54, 1.807) is 0 Å². The lowest BCUT2D eigenvalue weighted by Gasteiger charge is -2.48. The van der Waals surface area contributed by atoms with Gasteiger partial charge >= 0.3 is 0 Å². The van der Waals surface area contributed by atoms with E-state index in [-0.39, 0.29) is 17.2 Å². The molecule has 2 atom stereocenters. The highest BCUT2D eigenvalue weighted by atomic mass is 16.1. The number of hydrogen-bond donors (Lipinski definition) is 1. The molecule has 1 aliphatic carbocycles. The lowest BCUT2D eigenvalue weighted by Crippen LogP contribution is -2.48. The molecule has 0 saturated heterocycles. The maximum Gasteiger partial charge on any atom is 0.221 e. The Morgan fingerprint density at radius 2 is 2.18 bits per heavy atom. The predicted octanol–water partition coefficient (Wildman–Crippen LogP) is 1.54. The molecule has 64 valence electrons. The van der Waals surface area contributed by atoms with Gasteiger partial charge in [-0.05, 0) is 24.2 Å². The monoisotopic (exact) mass is 155 g/mol. The van der Waals surface area contributed by atoms with E-state index in [0.29, 0.717) is 5.92 Å². The third-order valence-corrected chi connectivity index (χ3v) is 3.43. The van der Waals surface area contributed by atoms with Crippen molar-refractivity contribution in [3.05, 3.63) is 0 Å². The van der Waals surface area contributed by atoms with Crippen LogP contribution in [0.5, 0.6) is 0 Å². The average Bonchev–Trinajstić information content (AvgIpc) is 1.82. The third-order valence-electron chi connectivity index (χ3n) is 3.43. The summed E-state index contributed by atoms with van der Waals surface area (Å²) in [5.74, 6) is 0.573. The van der Waals surface area contributed by atoms with Crippen LogP contribution in [0.25, 0.3) is 0 Å². The summed E-state index contributed by atoms with van der Waals surface area (Å²) in [7, 11) is 0. The Hall–Kier alpha value is -0.530. The zero-order chi connectivity index (χ0) is 8.65. The maximum atomic E-state index is 10.9. The van der Waals surface area contributed by atoms with Gasteiger partial charge in [-0.15, -0.1) is 0 Å². The molecule has 0 aromatic heterocycles. The van der Waals surface area contributed by atoms with E-state index in [4.69, 9.17) is 5.73 Å². The number of primary amides is 1. The van der Waals surface area contributed by atoms with Crippen molar-refractivity contribution in [3.8, 4) is 0 Å². The van der Waals surface area contributed by atoms with Gasteiger partial charge in [-0.2, -0.15) is 0 Å². The minimum Gasteiger partial charge on any atom is -0.369 e. The van der Waals surface area contributed by atoms with Crippen LogP contribution in [0.1, 0.15) is 33.6 Å². The summed E-state index contributed by atoms with van der Waals surface area (Å²) in [5, 5.41) is 0. The summed E-state index contributed by atoms with van der Waals surface area (Å²) < 4.78 is 0. The van der Waals surface area contributed by atoms with Gasteiger partial charge in [0.05, 0.1) is 0 Å². The summed E-state index contributed by atoms with van der Waals surface area (Å²) >= 11 is 0. The Bertz CT molecular complexity index is 176. The lowest BCUT2D eigenvalue weighted by molar-refractivity contribution is -0.134. The van der Waals surface area contributed by atoms with E-state index >= 15 is 0 Å². The van der Waals surface area contributed by atoms with Crippen molar-refractivity contribution in [2.24, 2.45) is 23.0 Å². The number of amides is 1. The van der Waals surface area contributed by atoms with Crippen LogP contribution in [0.15, 0.2) is 0 Å². The largest absolute Gasteiger partial charge is 0.369 e. The van der Waals surface area contributed by atoms with Crippen molar-refractivity contribution in [2.75, 3.05) is 0 Å². The van der Waals surface area contributed by atoms with E-state index in [0.717, 1.165) is 12.8 Å². The van der Waals surface area contributed by atoms with Crippen LogP contribution in [0, 0.1) is 17.3 Å². The van der Waals surface area contributed by atoms with Gasteiger partial charge in [0.1, 0.15) is 0 Å². The van der Waals surface area contributed by atoms with Gasteiger partial charge in [0.2, 0.25) is 5.91 Å². The Morgan fingerprint density at radius 1 is 1.64 bits per heavy atom. The van der Waals surface area contributed by atoms with Crippen molar-refractivity contribution in [2.45, 2.75) is 33.6 Å². The fourth-order valence-electron chi connectivity index (χ4n) is 1.90. The van der Waals surface area contributed by atoms with Crippen molar-refractivity contribution in [1.82, 2.24) is 0 Å². The molecular weight excluding hydrogens is 138 g/mol. The summed E-state index contributed by atoms with van der Waals surface area (Å²) in [6.45, 7) is 6.49. The highest BCUT2D eigenvalue weighted by Gasteiger charge is 2.47. The Kier molecular flexibility index (Phi) is 1.95. The standard InChI is InChI=1S/C9H17NO/c1-6(2)9(3)5-4-7(9)8(10)11/h6-7H,4-5H2,1-3H3,(H2,10,11). The molecule has 1 rings (SSSR count). The second-order valence-corrected chi connectivity index (χ2v) is 4.15. The molecule has 0 spiro atoms. The van der Waals surface area contributed by atoms with E-state index in [9.17, 15) is 4.79 Å². The molecular formula is C9H17NO. The molecule has 2 nitrogen and oxygen atoms in total. The summed E-state index contributed by atoms with van der Waals surface area (Å²) in [6, 6.07) is 0. The fraction of sp³-hybridized carbons (Fsp3) is 0.889. The summed E-state index contributed by atoms with van der Waals surface area (Å²) in [4.78, 5) is 10.9. The molecule has 1 saturated carbocycles. The smallest absolute Gasteiger partial charge is 0.221 e. The molecule has 2 N–H and O–H groups in total. The molecule has 2 heteroatoms. The first-order chi connectivity index (χ1) is 4.98. The first kappa shape index (κ1) is 8.57. The highest BCUT2D eigenvalue weighted by molar-refractivity contribution is 5.78. The number of carbonyl (C=O) groups excluding carboxylic acids is 1. The first-order valence-electron chi connectivity index (χ1n) is 4.28. The van der Waals surface area contributed by atoms with E-state index in [1.165, 1.54) is 0 Å². The Balaban J connectivity index is 2.67. The van der Waals surface area contributed by atoms with Gasteiger partial charge in [-0.25, -0.2) is 0 Å². The lowest BCUT2D eigenvalue weighted by atomic mass is 9.56. The van der Waals surface area contributed by atoms with Gasteiger partial charge in [-0.3, -0.25) is 4.79 Å². The van der Waals surface area contributed by atoms with Crippen molar-refractivity contribution >= 4 is 5.91 Å². The minimum absolute atomic E-state index is 0.118. The predicted molar refractivity (Wildman–Crippen MR) is 44.9 cm³/mol. The molecule has 0 aliphatic heterocycles. The van der Waals surface area contributed by atoms with Gasteiger partial charge in [0.25, 0.3) is 0 Å². The zero-order valence-corrected chi connectivity index (χ0v) is 7.55. The molecule has 2 unspecified atom stereocenters. The zero-order valence-electron chi connectivity index (χ0n) is 7.55. The van der Waals surface area contributed by atoms with Gasteiger partial charge in [0, 0.05) is 5.92 Å². The van der Waals surface area contributed by atoms with Crippen molar-refractivity contribution in [1.29, 1.82) is 0 Å². The molecule has 0 heterocycles. The maximum absolute atomic E-state index is 10.9. The van der Waals surface area contributed by atoms with Crippen molar-refractivity contribution < 1.29 is 4.79 Å².